The van der Waals surface area contributed by atoms with Crippen molar-refractivity contribution in [2.45, 2.75) is 18.6 Å². The van der Waals surface area contributed by atoms with Crippen molar-refractivity contribution >= 4 is 44.6 Å². The van der Waals surface area contributed by atoms with Crippen molar-refractivity contribution in [2.75, 3.05) is 4.90 Å². The molecule has 0 unspecified atom stereocenters. The van der Waals surface area contributed by atoms with E-state index in [4.69, 9.17) is 0 Å². The number of anilines is 1. The molecule has 2 aromatic heterocycles. The van der Waals surface area contributed by atoms with Crippen LogP contribution in [0.3, 0.4) is 0 Å². The Hall–Kier alpha value is -2.35. The third-order valence-electron chi connectivity index (χ3n) is 4.55. The first-order valence-electron chi connectivity index (χ1n) is 8.30. The number of fused-ring (bicyclic) bond motifs is 1. The summed E-state index contributed by atoms with van der Waals surface area (Å²) >= 11 is 4.93. The van der Waals surface area contributed by atoms with Crippen LogP contribution in [0.2, 0.25) is 0 Å². The summed E-state index contributed by atoms with van der Waals surface area (Å²) in [7, 11) is 0. The van der Waals surface area contributed by atoms with Crippen LogP contribution in [0, 0.1) is 0 Å². The Labute approximate surface area is 168 Å². The maximum Gasteiger partial charge on any atom is 0.264 e. The van der Waals surface area contributed by atoms with Gasteiger partial charge in [-0.15, -0.1) is 11.3 Å². The van der Waals surface area contributed by atoms with Gasteiger partial charge in [-0.2, -0.15) is 0 Å². The van der Waals surface area contributed by atoms with Gasteiger partial charge in [-0.1, -0.05) is 28.1 Å². The Kier molecular flexibility index (Phi) is 4.67. The van der Waals surface area contributed by atoms with Crippen LogP contribution in [0.25, 0.3) is 0 Å². The topological polar surface area (TPSA) is 70.5 Å². The van der Waals surface area contributed by atoms with Gasteiger partial charge in [0.1, 0.15) is 5.69 Å². The molecule has 0 fully saturated rings. The minimum atomic E-state index is -1.91. The molecule has 4 rings (SSSR count). The average Bonchev–Trinajstić information content (AvgIpc) is 3.25. The normalized spacial score (nSPS) is 18.6. The van der Waals surface area contributed by atoms with E-state index in [9.17, 15) is 14.7 Å². The van der Waals surface area contributed by atoms with Crippen molar-refractivity contribution in [2.24, 2.45) is 0 Å². The summed E-state index contributed by atoms with van der Waals surface area (Å²) in [6.45, 7) is 0.352. The van der Waals surface area contributed by atoms with Gasteiger partial charge in [-0.25, -0.2) is 0 Å². The van der Waals surface area contributed by atoms with Crippen molar-refractivity contribution in [3.8, 4) is 0 Å². The highest BCUT2D eigenvalue weighted by molar-refractivity contribution is 9.10. The smallest absolute Gasteiger partial charge is 0.264 e. The Balaban J connectivity index is 1.73. The Morgan fingerprint density at radius 1 is 1.22 bits per heavy atom. The van der Waals surface area contributed by atoms with E-state index in [0.29, 0.717) is 17.8 Å². The van der Waals surface area contributed by atoms with Gasteiger partial charge in [0.2, 0.25) is 0 Å². The third-order valence-corrected chi connectivity index (χ3v) is 5.91. The van der Waals surface area contributed by atoms with E-state index >= 15 is 0 Å². The number of carbonyl (C=O) groups excluding carboxylic acids is 2. The fourth-order valence-corrected chi connectivity index (χ4v) is 4.31. The summed E-state index contributed by atoms with van der Waals surface area (Å²) in [4.78, 5) is 32.4. The second-order valence-corrected chi connectivity index (χ2v) is 8.26. The lowest BCUT2D eigenvalue weighted by atomic mass is 9.89. The summed E-state index contributed by atoms with van der Waals surface area (Å²) in [5.74, 6) is -0.872. The quantitative estimate of drug-likeness (QED) is 0.607. The molecule has 1 N–H and O–H groups in total. The maximum atomic E-state index is 13.2. The second-order valence-electron chi connectivity index (χ2n) is 6.31. The number of nitrogens with zero attached hydrogens (tertiary/aromatic N) is 2. The zero-order valence-electron chi connectivity index (χ0n) is 14.1. The first-order chi connectivity index (χ1) is 13.0. The number of ketones is 1. The van der Waals surface area contributed by atoms with Crippen molar-refractivity contribution < 1.29 is 14.7 Å². The van der Waals surface area contributed by atoms with E-state index in [1.54, 1.807) is 35.2 Å². The zero-order valence-corrected chi connectivity index (χ0v) is 16.5. The Morgan fingerprint density at radius 2 is 2.07 bits per heavy atom. The summed E-state index contributed by atoms with van der Waals surface area (Å²) in [5, 5.41) is 13.2. The number of rotatable bonds is 5. The highest BCUT2D eigenvalue weighted by Gasteiger charge is 2.51. The number of aliphatic hydroxyl groups is 1. The highest BCUT2D eigenvalue weighted by Crippen LogP contribution is 2.44. The van der Waals surface area contributed by atoms with Crippen LogP contribution in [0.4, 0.5) is 5.69 Å². The summed E-state index contributed by atoms with van der Waals surface area (Å²) < 4.78 is 0.732. The first-order valence-corrected chi connectivity index (χ1v) is 9.97. The molecule has 0 aliphatic carbocycles. The molecule has 1 atom stereocenters. The lowest BCUT2D eigenvalue weighted by molar-refractivity contribution is -0.136. The van der Waals surface area contributed by atoms with Crippen LogP contribution in [0.1, 0.15) is 27.3 Å². The molecular weight excluding hydrogens is 428 g/mol. The van der Waals surface area contributed by atoms with Gasteiger partial charge in [0.25, 0.3) is 5.91 Å². The number of hydrogen-bond donors (Lipinski definition) is 1. The Bertz CT molecular complexity index is 1010. The largest absolute Gasteiger partial charge is 0.375 e. The molecule has 7 heteroatoms. The SMILES string of the molecule is O=C(C[C@]1(O)C(=O)N(Cc2cccs2)c2ccc(Br)cc21)c1ccccn1. The number of Topliss-reactive ketones (excluding diaryl/α,β-unsaturated/α-hetero) is 1. The maximum absolute atomic E-state index is 13.2. The zero-order chi connectivity index (χ0) is 19.0. The van der Waals surface area contributed by atoms with E-state index in [-0.39, 0.29) is 17.9 Å². The summed E-state index contributed by atoms with van der Waals surface area (Å²) in [5.41, 5.74) is -0.632. The minimum absolute atomic E-state index is 0.229. The molecule has 3 heterocycles. The predicted octanol–water partition coefficient (Wildman–Crippen LogP) is 3.91. The van der Waals surface area contributed by atoms with E-state index in [1.807, 2.05) is 23.6 Å². The molecule has 0 bridgehead atoms. The number of pyridine rings is 1. The molecule has 1 aromatic carbocycles. The number of carbonyl (C=O) groups is 2. The second kappa shape index (κ2) is 6.99. The lowest BCUT2D eigenvalue weighted by Gasteiger charge is -2.22. The first kappa shape index (κ1) is 18.0. The monoisotopic (exact) mass is 442 g/mol. The van der Waals surface area contributed by atoms with Crippen LogP contribution in [-0.4, -0.2) is 21.8 Å². The molecule has 0 spiro atoms. The lowest BCUT2D eigenvalue weighted by Crippen LogP contribution is -2.41. The minimum Gasteiger partial charge on any atom is -0.375 e. The molecule has 0 saturated carbocycles. The van der Waals surface area contributed by atoms with Crippen LogP contribution in [0.5, 0.6) is 0 Å². The molecule has 1 aliphatic rings. The van der Waals surface area contributed by atoms with Gasteiger partial charge >= 0.3 is 0 Å². The predicted molar refractivity (Wildman–Crippen MR) is 107 cm³/mol. The number of halogens is 1. The fraction of sp³-hybridized carbons (Fsp3) is 0.150. The number of thiophene rings is 1. The van der Waals surface area contributed by atoms with Crippen molar-refractivity contribution in [1.29, 1.82) is 0 Å². The summed E-state index contributed by atoms with van der Waals surface area (Å²) in [6, 6.07) is 14.2. The van der Waals surface area contributed by atoms with Gasteiger partial charge in [0.15, 0.2) is 11.4 Å². The van der Waals surface area contributed by atoms with Crippen LogP contribution >= 0.6 is 27.3 Å². The summed E-state index contributed by atoms with van der Waals surface area (Å²) in [6.07, 6.45) is 1.16. The molecule has 1 amide bonds. The molecule has 5 nitrogen and oxygen atoms in total. The molecule has 0 radical (unpaired) electrons. The van der Waals surface area contributed by atoms with E-state index < -0.39 is 11.5 Å². The third kappa shape index (κ3) is 3.22. The number of aromatic nitrogens is 1. The standard InChI is InChI=1S/C20H15BrN2O3S/c21-13-6-7-17-15(10-13)20(26,11-18(24)16-5-1-2-8-22-16)19(25)23(17)12-14-4-3-9-27-14/h1-10,26H,11-12H2/t20-/m1/s1. The average molecular weight is 443 g/mol. The van der Waals surface area contributed by atoms with Crippen molar-refractivity contribution in [3.63, 3.8) is 0 Å². The van der Waals surface area contributed by atoms with Crippen molar-refractivity contribution in [3.05, 3.63) is 80.7 Å². The van der Waals surface area contributed by atoms with E-state index in [0.717, 1.165) is 9.35 Å². The van der Waals surface area contributed by atoms with Crippen LogP contribution in [-0.2, 0) is 16.9 Å². The Morgan fingerprint density at radius 3 is 2.78 bits per heavy atom. The molecule has 1 aliphatic heterocycles. The molecule has 136 valence electrons. The van der Waals surface area contributed by atoms with Gasteiger partial charge < -0.3 is 10.0 Å². The van der Waals surface area contributed by atoms with Gasteiger partial charge in [-0.05, 0) is 41.8 Å². The van der Waals surface area contributed by atoms with E-state index in [1.165, 1.54) is 17.5 Å². The fourth-order valence-electron chi connectivity index (χ4n) is 3.26. The molecule has 27 heavy (non-hydrogen) atoms. The van der Waals surface area contributed by atoms with Gasteiger partial charge in [-0.3, -0.25) is 14.6 Å². The molecular formula is C20H15BrN2O3S. The van der Waals surface area contributed by atoms with Crippen LogP contribution < -0.4 is 4.90 Å². The van der Waals surface area contributed by atoms with Crippen LogP contribution in [0.15, 0.2) is 64.6 Å². The van der Waals surface area contributed by atoms with E-state index in [2.05, 4.69) is 20.9 Å². The number of amides is 1. The van der Waals surface area contributed by atoms with Gasteiger partial charge in [0, 0.05) is 21.1 Å². The molecule has 3 aromatic rings. The highest BCUT2D eigenvalue weighted by atomic mass is 79.9. The number of hydrogen-bond acceptors (Lipinski definition) is 5. The molecule has 0 saturated heterocycles. The van der Waals surface area contributed by atoms with Gasteiger partial charge in [0.05, 0.1) is 18.7 Å². The number of benzene rings is 1. The van der Waals surface area contributed by atoms with Crippen molar-refractivity contribution in [1.82, 2.24) is 4.98 Å².